The van der Waals surface area contributed by atoms with Crippen LogP contribution < -0.4 is 5.32 Å². The summed E-state index contributed by atoms with van der Waals surface area (Å²) in [4.78, 5) is 25.2. The first-order valence-electron chi connectivity index (χ1n) is 7.59. The smallest absolute Gasteiger partial charge is 0.224 e. The second-order valence-corrected chi connectivity index (χ2v) is 6.56. The van der Waals surface area contributed by atoms with Crippen LogP contribution in [0.15, 0.2) is 24.3 Å². The third-order valence-corrected chi connectivity index (χ3v) is 4.32. The molecule has 120 valence electrons. The van der Waals surface area contributed by atoms with Crippen LogP contribution in [0.3, 0.4) is 0 Å². The Bertz CT molecular complexity index is 572. The maximum Gasteiger partial charge on any atom is 0.224 e. The van der Waals surface area contributed by atoms with E-state index in [1.165, 1.54) is 19.1 Å². The summed E-state index contributed by atoms with van der Waals surface area (Å²) in [7, 11) is 0. The van der Waals surface area contributed by atoms with Gasteiger partial charge in [0.1, 0.15) is 5.82 Å². The number of nitrogens with one attached hydrogen (secondary N) is 1. The molecular formula is C17H23FN2O2. The Morgan fingerprint density at radius 3 is 2.73 bits per heavy atom. The molecule has 0 aliphatic carbocycles. The summed E-state index contributed by atoms with van der Waals surface area (Å²) in [5.41, 5.74) is 0.501. The van der Waals surface area contributed by atoms with Gasteiger partial charge >= 0.3 is 0 Å². The highest BCUT2D eigenvalue weighted by atomic mass is 19.1. The predicted molar refractivity (Wildman–Crippen MR) is 82.8 cm³/mol. The molecule has 1 aliphatic rings. The maximum atomic E-state index is 13.3. The van der Waals surface area contributed by atoms with Crippen molar-refractivity contribution in [2.24, 2.45) is 5.92 Å². The Morgan fingerprint density at radius 1 is 1.41 bits per heavy atom. The third-order valence-electron chi connectivity index (χ3n) is 4.32. The van der Waals surface area contributed by atoms with Crippen LogP contribution in [-0.4, -0.2) is 36.3 Å². The molecule has 2 rings (SSSR count). The first-order chi connectivity index (χ1) is 10.3. The van der Waals surface area contributed by atoms with E-state index in [0.717, 1.165) is 5.56 Å². The average molecular weight is 306 g/mol. The van der Waals surface area contributed by atoms with Gasteiger partial charge in [-0.1, -0.05) is 26.0 Å². The Hall–Kier alpha value is -1.91. The number of hydrogen-bond acceptors (Lipinski definition) is 2. The molecule has 1 heterocycles. The molecule has 1 atom stereocenters. The van der Waals surface area contributed by atoms with Crippen molar-refractivity contribution in [3.63, 3.8) is 0 Å². The third kappa shape index (κ3) is 3.84. The van der Waals surface area contributed by atoms with E-state index < -0.39 is 0 Å². The number of benzene rings is 1. The fraction of sp³-hybridized carbons (Fsp3) is 0.529. The Balaban J connectivity index is 1.92. The minimum Gasteiger partial charge on any atom is -0.355 e. The van der Waals surface area contributed by atoms with Crippen LogP contribution in [0.2, 0.25) is 0 Å². The molecule has 0 bridgehead atoms. The Kier molecular flexibility index (Phi) is 4.84. The molecule has 1 aliphatic heterocycles. The zero-order valence-corrected chi connectivity index (χ0v) is 13.4. The maximum absolute atomic E-state index is 13.3. The lowest BCUT2D eigenvalue weighted by atomic mass is 9.84. The molecule has 5 heteroatoms. The highest BCUT2D eigenvalue weighted by Crippen LogP contribution is 2.23. The molecule has 4 nitrogen and oxygen atoms in total. The lowest BCUT2D eigenvalue weighted by Gasteiger charge is -2.26. The van der Waals surface area contributed by atoms with Crippen molar-refractivity contribution < 1.29 is 14.0 Å². The number of carbonyl (C=O) groups is 2. The van der Waals surface area contributed by atoms with Gasteiger partial charge < -0.3 is 10.2 Å². The zero-order valence-electron chi connectivity index (χ0n) is 13.4. The summed E-state index contributed by atoms with van der Waals surface area (Å²) in [5, 5.41) is 2.94. The van der Waals surface area contributed by atoms with Gasteiger partial charge in [-0.2, -0.15) is 0 Å². The summed E-state index contributed by atoms with van der Waals surface area (Å²) in [6.07, 6.45) is 0.700. The van der Waals surface area contributed by atoms with E-state index in [4.69, 9.17) is 0 Å². The van der Waals surface area contributed by atoms with Crippen molar-refractivity contribution in [3.05, 3.63) is 35.6 Å². The SMILES string of the molecule is CC(=O)N1CC[C@@H](C(=O)NCC(C)(C)c2cccc(F)c2)C1. The number of amides is 2. The predicted octanol–water partition coefficient (Wildman–Crippen LogP) is 2.09. The van der Waals surface area contributed by atoms with Gasteiger partial charge in [0.25, 0.3) is 0 Å². The zero-order chi connectivity index (χ0) is 16.3. The molecule has 0 aromatic heterocycles. The quantitative estimate of drug-likeness (QED) is 0.926. The molecule has 1 aromatic carbocycles. The van der Waals surface area contributed by atoms with Gasteiger partial charge in [-0.05, 0) is 24.1 Å². The number of hydrogen-bond donors (Lipinski definition) is 1. The highest BCUT2D eigenvalue weighted by Gasteiger charge is 2.30. The fourth-order valence-electron chi connectivity index (χ4n) is 2.72. The Morgan fingerprint density at radius 2 is 2.14 bits per heavy atom. The number of likely N-dealkylation sites (tertiary alicyclic amines) is 1. The lowest BCUT2D eigenvalue weighted by molar-refractivity contribution is -0.128. The lowest BCUT2D eigenvalue weighted by Crippen LogP contribution is -2.40. The fourth-order valence-corrected chi connectivity index (χ4v) is 2.72. The van der Waals surface area contributed by atoms with Crippen LogP contribution in [0.5, 0.6) is 0 Å². The van der Waals surface area contributed by atoms with Crippen LogP contribution >= 0.6 is 0 Å². The van der Waals surface area contributed by atoms with Gasteiger partial charge in [0.2, 0.25) is 11.8 Å². The second kappa shape index (κ2) is 6.46. The van der Waals surface area contributed by atoms with Crippen molar-refractivity contribution in [2.45, 2.75) is 32.6 Å². The van der Waals surface area contributed by atoms with Crippen LogP contribution in [-0.2, 0) is 15.0 Å². The molecular weight excluding hydrogens is 283 g/mol. The minimum atomic E-state index is -0.351. The molecule has 0 saturated carbocycles. The number of nitrogens with zero attached hydrogens (tertiary/aromatic N) is 1. The molecule has 2 amide bonds. The molecule has 22 heavy (non-hydrogen) atoms. The average Bonchev–Trinajstić information content (AvgIpc) is 2.95. The van der Waals surface area contributed by atoms with Crippen molar-refractivity contribution in [1.29, 1.82) is 0 Å². The highest BCUT2D eigenvalue weighted by molar-refractivity contribution is 5.81. The molecule has 0 radical (unpaired) electrons. The van der Waals surface area contributed by atoms with Crippen LogP contribution in [0.1, 0.15) is 32.8 Å². The number of carbonyl (C=O) groups excluding carboxylic acids is 2. The van der Waals surface area contributed by atoms with E-state index in [1.807, 2.05) is 19.9 Å². The van der Waals surface area contributed by atoms with Crippen molar-refractivity contribution in [1.82, 2.24) is 10.2 Å². The van der Waals surface area contributed by atoms with Crippen LogP contribution in [0, 0.1) is 11.7 Å². The number of rotatable bonds is 4. The molecule has 0 spiro atoms. The first kappa shape index (κ1) is 16.5. The van der Waals surface area contributed by atoms with Gasteiger partial charge in [-0.3, -0.25) is 9.59 Å². The number of halogens is 1. The van der Waals surface area contributed by atoms with E-state index in [2.05, 4.69) is 5.32 Å². The van der Waals surface area contributed by atoms with Gasteiger partial charge in [-0.15, -0.1) is 0 Å². The van der Waals surface area contributed by atoms with E-state index in [0.29, 0.717) is 26.1 Å². The van der Waals surface area contributed by atoms with Crippen LogP contribution in [0.25, 0.3) is 0 Å². The second-order valence-electron chi connectivity index (χ2n) is 6.56. The summed E-state index contributed by atoms with van der Waals surface area (Å²) >= 11 is 0. The van der Waals surface area contributed by atoms with E-state index in [9.17, 15) is 14.0 Å². The normalized spacial score (nSPS) is 18.4. The van der Waals surface area contributed by atoms with E-state index >= 15 is 0 Å². The minimum absolute atomic E-state index is 0.00962. The molecule has 1 N–H and O–H groups in total. The van der Waals surface area contributed by atoms with Crippen LogP contribution in [0.4, 0.5) is 4.39 Å². The first-order valence-corrected chi connectivity index (χ1v) is 7.59. The monoisotopic (exact) mass is 306 g/mol. The standard InChI is InChI=1S/C17H23FN2O2/c1-12(21)20-8-7-13(10-20)16(22)19-11-17(2,3)14-5-4-6-15(18)9-14/h4-6,9,13H,7-8,10-11H2,1-3H3,(H,19,22)/t13-/m1/s1. The van der Waals surface area contributed by atoms with Crippen molar-refractivity contribution in [3.8, 4) is 0 Å². The van der Waals surface area contributed by atoms with Crippen molar-refractivity contribution >= 4 is 11.8 Å². The Labute approximate surface area is 130 Å². The van der Waals surface area contributed by atoms with Gasteiger partial charge in [-0.25, -0.2) is 4.39 Å². The summed E-state index contributed by atoms with van der Waals surface area (Å²) in [6.45, 7) is 7.03. The van der Waals surface area contributed by atoms with Gasteiger partial charge in [0.15, 0.2) is 0 Å². The summed E-state index contributed by atoms with van der Waals surface area (Å²) < 4.78 is 13.3. The molecule has 0 unspecified atom stereocenters. The molecule has 1 saturated heterocycles. The van der Waals surface area contributed by atoms with Crippen molar-refractivity contribution in [2.75, 3.05) is 19.6 Å². The van der Waals surface area contributed by atoms with Gasteiger partial charge in [0, 0.05) is 32.0 Å². The van der Waals surface area contributed by atoms with Gasteiger partial charge in [0.05, 0.1) is 5.92 Å². The summed E-state index contributed by atoms with van der Waals surface area (Å²) in [6, 6.07) is 6.45. The van der Waals surface area contributed by atoms with E-state index in [-0.39, 0.29) is 29.0 Å². The topological polar surface area (TPSA) is 49.4 Å². The summed E-state index contributed by atoms with van der Waals surface area (Å²) in [5.74, 6) is -0.444. The molecule has 1 fully saturated rings. The molecule has 1 aromatic rings. The largest absolute Gasteiger partial charge is 0.355 e. The van der Waals surface area contributed by atoms with E-state index in [1.54, 1.807) is 11.0 Å².